The molecule has 0 bridgehead atoms. The van der Waals surface area contributed by atoms with Crippen LogP contribution in [0.15, 0.2) is 29.3 Å². The van der Waals surface area contributed by atoms with Crippen LogP contribution in [0.2, 0.25) is 0 Å². The molecule has 0 atom stereocenters. The van der Waals surface area contributed by atoms with Gasteiger partial charge in [-0.25, -0.2) is 4.99 Å². The Hall–Kier alpha value is -1.19. The molecule has 0 heterocycles. The van der Waals surface area contributed by atoms with E-state index in [4.69, 9.17) is 10.5 Å². The summed E-state index contributed by atoms with van der Waals surface area (Å²) in [5.74, 6) is 0.848. The van der Waals surface area contributed by atoms with Crippen molar-refractivity contribution < 1.29 is 17.9 Å². The van der Waals surface area contributed by atoms with Gasteiger partial charge in [0.1, 0.15) is 12.4 Å². The van der Waals surface area contributed by atoms with Crippen molar-refractivity contribution in [3.05, 3.63) is 29.8 Å². The van der Waals surface area contributed by atoms with Crippen molar-refractivity contribution in [2.45, 2.75) is 25.1 Å². The van der Waals surface area contributed by atoms with Gasteiger partial charge in [0, 0.05) is 13.1 Å². The lowest BCUT2D eigenvalue weighted by atomic mass is 10.2. The van der Waals surface area contributed by atoms with Crippen LogP contribution in [0.1, 0.15) is 18.4 Å². The molecule has 0 aliphatic heterocycles. The van der Waals surface area contributed by atoms with E-state index in [-0.39, 0.29) is 30.6 Å². The van der Waals surface area contributed by atoms with E-state index in [0.29, 0.717) is 24.3 Å². The highest BCUT2D eigenvalue weighted by Gasteiger charge is 2.30. The fourth-order valence-corrected chi connectivity index (χ4v) is 1.82. The lowest BCUT2D eigenvalue weighted by molar-refractivity contribution is -0.137. The van der Waals surface area contributed by atoms with E-state index in [2.05, 4.69) is 4.99 Å². The first-order chi connectivity index (χ1) is 9.88. The van der Waals surface area contributed by atoms with Gasteiger partial charge in [0.05, 0.1) is 12.1 Å². The number of aliphatic imine (C=N–C) groups is 1. The number of benzene rings is 1. The van der Waals surface area contributed by atoms with E-state index >= 15 is 0 Å². The first-order valence-corrected chi connectivity index (χ1v) is 6.71. The molecular formula is C14H19F3IN3O. The summed E-state index contributed by atoms with van der Waals surface area (Å²) >= 11 is 0. The van der Waals surface area contributed by atoms with Crippen LogP contribution in [0, 0.1) is 0 Å². The summed E-state index contributed by atoms with van der Waals surface area (Å²) in [7, 11) is 1.90. The molecule has 0 spiro atoms. The van der Waals surface area contributed by atoms with E-state index in [1.54, 1.807) is 0 Å². The van der Waals surface area contributed by atoms with Crippen LogP contribution in [-0.4, -0.2) is 37.1 Å². The summed E-state index contributed by atoms with van der Waals surface area (Å²) in [6.07, 6.45) is -2.06. The molecule has 1 aromatic carbocycles. The molecule has 0 saturated heterocycles. The van der Waals surface area contributed by atoms with Gasteiger partial charge in [-0.3, -0.25) is 0 Å². The van der Waals surface area contributed by atoms with E-state index in [0.717, 1.165) is 25.0 Å². The predicted molar refractivity (Wildman–Crippen MR) is 89.6 cm³/mol. The molecule has 2 rings (SSSR count). The van der Waals surface area contributed by atoms with Gasteiger partial charge in [-0.05, 0) is 37.1 Å². The maximum atomic E-state index is 12.4. The number of hydrogen-bond acceptors (Lipinski definition) is 2. The van der Waals surface area contributed by atoms with Crippen LogP contribution < -0.4 is 10.5 Å². The van der Waals surface area contributed by atoms with E-state index in [9.17, 15) is 13.2 Å². The molecule has 0 unspecified atom stereocenters. The minimum absolute atomic E-state index is 0. The van der Waals surface area contributed by atoms with Crippen molar-refractivity contribution in [1.82, 2.24) is 4.90 Å². The largest absolute Gasteiger partial charge is 0.492 e. The predicted octanol–water partition coefficient (Wildman–Crippen LogP) is 3.11. The standard InChI is InChI=1S/C14H18F3N3O.HI/c1-20(11-4-5-11)13(18)19-8-9-21-12-6-2-10(3-7-12)14(15,16)17;/h2-3,6-7,11H,4-5,8-9H2,1H3,(H2,18,19);1H. The number of nitrogens with zero attached hydrogens (tertiary/aromatic N) is 2. The van der Waals surface area contributed by atoms with Gasteiger partial charge in [0.15, 0.2) is 5.96 Å². The third-order valence-corrected chi connectivity index (χ3v) is 3.27. The summed E-state index contributed by atoms with van der Waals surface area (Å²) in [4.78, 5) is 6.10. The third-order valence-electron chi connectivity index (χ3n) is 3.27. The average molecular weight is 429 g/mol. The Kier molecular flexibility index (Phi) is 6.76. The van der Waals surface area contributed by atoms with Gasteiger partial charge in [-0.2, -0.15) is 13.2 Å². The summed E-state index contributed by atoms with van der Waals surface area (Å²) < 4.78 is 42.5. The average Bonchev–Trinajstić information content (AvgIpc) is 3.26. The lowest BCUT2D eigenvalue weighted by Gasteiger charge is -2.16. The zero-order valence-electron chi connectivity index (χ0n) is 12.1. The summed E-state index contributed by atoms with van der Waals surface area (Å²) in [6.45, 7) is 0.633. The molecular weight excluding hydrogens is 410 g/mol. The van der Waals surface area contributed by atoms with Gasteiger partial charge in [0.25, 0.3) is 0 Å². The van der Waals surface area contributed by atoms with Gasteiger partial charge in [-0.1, -0.05) is 0 Å². The SMILES string of the molecule is CN(C(N)=NCCOc1ccc(C(F)(F)F)cc1)C1CC1.I. The van der Waals surface area contributed by atoms with Crippen molar-refractivity contribution >= 4 is 29.9 Å². The summed E-state index contributed by atoms with van der Waals surface area (Å²) in [6, 6.07) is 5.07. The molecule has 1 fully saturated rings. The maximum absolute atomic E-state index is 12.4. The number of nitrogens with two attached hydrogens (primary N) is 1. The number of guanidine groups is 1. The maximum Gasteiger partial charge on any atom is 0.416 e. The molecule has 0 radical (unpaired) electrons. The van der Waals surface area contributed by atoms with E-state index in [1.165, 1.54) is 12.1 Å². The van der Waals surface area contributed by atoms with Crippen molar-refractivity contribution in [3.8, 4) is 5.75 Å². The lowest BCUT2D eigenvalue weighted by Crippen LogP contribution is -2.36. The summed E-state index contributed by atoms with van der Waals surface area (Å²) in [5.41, 5.74) is 5.11. The molecule has 0 amide bonds. The molecule has 1 saturated carbocycles. The molecule has 8 heteroatoms. The zero-order valence-corrected chi connectivity index (χ0v) is 14.5. The van der Waals surface area contributed by atoms with Crippen LogP contribution >= 0.6 is 24.0 Å². The zero-order chi connectivity index (χ0) is 15.5. The van der Waals surface area contributed by atoms with E-state index < -0.39 is 11.7 Å². The first kappa shape index (κ1) is 18.9. The monoisotopic (exact) mass is 429 g/mol. The first-order valence-electron chi connectivity index (χ1n) is 6.71. The molecule has 124 valence electrons. The second-order valence-electron chi connectivity index (χ2n) is 4.95. The Morgan fingerprint density at radius 2 is 1.91 bits per heavy atom. The quantitative estimate of drug-likeness (QED) is 0.339. The smallest absolute Gasteiger partial charge is 0.416 e. The molecule has 1 aliphatic carbocycles. The van der Waals surface area contributed by atoms with E-state index in [1.807, 2.05) is 11.9 Å². The van der Waals surface area contributed by atoms with Gasteiger partial charge >= 0.3 is 6.18 Å². The van der Waals surface area contributed by atoms with Crippen LogP contribution in [0.25, 0.3) is 0 Å². The van der Waals surface area contributed by atoms with Crippen LogP contribution in [0.4, 0.5) is 13.2 Å². The molecule has 2 N–H and O–H groups in total. The molecule has 22 heavy (non-hydrogen) atoms. The fraction of sp³-hybridized carbons (Fsp3) is 0.500. The second-order valence-corrected chi connectivity index (χ2v) is 4.95. The van der Waals surface area contributed by atoms with Crippen LogP contribution in [-0.2, 0) is 6.18 Å². The number of hydrogen-bond donors (Lipinski definition) is 1. The van der Waals surface area contributed by atoms with Crippen molar-refractivity contribution in [1.29, 1.82) is 0 Å². The molecule has 1 aliphatic rings. The third kappa shape index (κ3) is 5.54. The molecule has 1 aromatic rings. The second kappa shape index (κ2) is 7.89. The Labute approximate surface area is 144 Å². The number of rotatable bonds is 5. The Balaban J connectivity index is 0.00000242. The number of halogens is 4. The van der Waals surface area contributed by atoms with Crippen LogP contribution in [0.5, 0.6) is 5.75 Å². The molecule has 4 nitrogen and oxygen atoms in total. The Bertz CT molecular complexity index is 501. The Morgan fingerprint density at radius 1 is 1.32 bits per heavy atom. The highest BCUT2D eigenvalue weighted by molar-refractivity contribution is 14.0. The Morgan fingerprint density at radius 3 is 2.41 bits per heavy atom. The topological polar surface area (TPSA) is 50.8 Å². The van der Waals surface area contributed by atoms with Crippen molar-refractivity contribution in [2.24, 2.45) is 10.7 Å². The van der Waals surface area contributed by atoms with Gasteiger partial charge < -0.3 is 15.4 Å². The van der Waals surface area contributed by atoms with Crippen molar-refractivity contribution in [3.63, 3.8) is 0 Å². The fourth-order valence-electron chi connectivity index (χ4n) is 1.82. The minimum Gasteiger partial charge on any atom is -0.492 e. The minimum atomic E-state index is -4.33. The van der Waals surface area contributed by atoms with Gasteiger partial charge in [0.2, 0.25) is 0 Å². The normalized spacial score (nSPS) is 15.2. The highest BCUT2D eigenvalue weighted by Crippen LogP contribution is 2.30. The number of ether oxygens (including phenoxy) is 1. The molecule has 0 aromatic heterocycles. The van der Waals surface area contributed by atoms with Crippen LogP contribution in [0.3, 0.4) is 0 Å². The highest BCUT2D eigenvalue weighted by atomic mass is 127. The van der Waals surface area contributed by atoms with Gasteiger partial charge in [-0.15, -0.1) is 24.0 Å². The summed E-state index contributed by atoms with van der Waals surface area (Å²) in [5, 5.41) is 0. The van der Waals surface area contributed by atoms with Crippen molar-refractivity contribution in [2.75, 3.05) is 20.2 Å². The number of alkyl halides is 3.